The van der Waals surface area contributed by atoms with Crippen LogP contribution in [0.5, 0.6) is 0 Å². The average molecular weight is 296 g/mol. The summed E-state index contributed by atoms with van der Waals surface area (Å²) in [7, 11) is 0. The molecule has 0 aromatic heterocycles. The summed E-state index contributed by atoms with van der Waals surface area (Å²) in [6.07, 6.45) is 4.68. The first-order valence-corrected chi connectivity index (χ1v) is 6.25. The van der Waals surface area contributed by atoms with E-state index in [0.717, 1.165) is 0 Å². The molecule has 0 heterocycles. The summed E-state index contributed by atoms with van der Waals surface area (Å²) in [4.78, 5) is 34.1. The summed E-state index contributed by atoms with van der Waals surface area (Å²) in [5, 5.41) is 27.6. The summed E-state index contributed by atoms with van der Waals surface area (Å²) in [5.41, 5.74) is -3.82. The summed E-state index contributed by atoms with van der Waals surface area (Å²) >= 11 is 0. The molecule has 6 heteroatoms. The van der Waals surface area contributed by atoms with Crippen LogP contribution >= 0.6 is 0 Å². The summed E-state index contributed by atoms with van der Waals surface area (Å²) in [6, 6.07) is 0. The molecule has 116 valence electrons. The monoisotopic (exact) mass is 296 g/mol. The molecule has 0 bridgehead atoms. The second-order valence-electron chi connectivity index (χ2n) is 4.98. The molecule has 0 radical (unpaired) electrons. The van der Waals surface area contributed by atoms with Crippen LogP contribution in [0.15, 0.2) is 38.0 Å². The largest absolute Gasteiger partial charge is 0.480 e. The standard InChI is InChI=1S/C15H20O6/c1-4-7-14(8-5-2,9-6-3)10-15(11(16)17,12(18)19)13(20)21/h4-6H,1-3,7-10H2,(H,16,17)(H,18,19)(H,20,21). The molecule has 6 nitrogen and oxygen atoms in total. The van der Waals surface area contributed by atoms with Gasteiger partial charge >= 0.3 is 17.9 Å². The predicted octanol–water partition coefficient (Wildman–Crippen LogP) is 2.33. The predicted molar refractivity (Wildman–Crippen MR) is 76.8 cm³/mol. The van der Waals surface area contributed by atoms with E-state index in [1.54, 1.807) is 0 Å². The van der Waals surface area contributed by atoms with E-state index in [2.05, 4.69) is 19.7 Å². The summed E-state index contributed by atoms with van der Waals surface area (Å²) in [6.45, 7) is 10.7. The van der Waals surface area contributed by atoms with Gasteiger partial charge in [0, 0.05) is 0 Å². The fourth-order valence-corrected chi connectivity index (χ4v) is 2.45. The maximum Gasteiger partial charge on any atom is 0.332 e. The highest BCUT2D eigenvalue weighted by Crippen LogP contribution is 2.44. The summed E-state index contributed by atoms with van der Waals surface area (Å²) in [5.74, 6) is -5.70. The van der Waals surface area contributed by atoms with Crippen LogP contribution in [0.25, 0.3) is 0 Å². The van der Waals surface area contributed by atoms with E-state index in [9.17, 15) is 29.7 Å². The molecule has 0 aliphatic carbocycles. The number of aliphatic carboxylic acids is 3. The Morgan fingerprint density at radius 3 is 1.24 bits per heavy atom. The molecule has 0 aromatic carbocycles. The minimum absolute atomic E-state index is 0.251. The molecule has 0 aliphatic rings. The number of hydrogen-bond donors (Lipinski definition) is 3. The van der Waals surface area contributed by atoms with Gasteiger partial charge in [-0.25, -0.2) is 0 Å². The zero-order valence-electron chi connectivity index (χ0n) is 11.7. The molecule has 0 aliphatic heterocycles. The molecule has 0 fully saturated rings. The highest BCUT2D eigenvalue weighted by atomic mass is 16.4. The van der Waals surface area contributed by atoms with Gasteiger partial charge in [0.2, 0.25) is 0 Å². The van der Waals surface area contributed by atoms with Crippen LogP contribution < -0.4 is 0 Å². The Morgan fingerprint density at radius 1 is 0.762 bits per heavy atom. The average Bonchev–Trinajstić information content (AvgIpc) is 2.35. The second kappa shape index (κ2) is 7.42. The molecule has 0 atom stereocenters. The van der Waals surface area contributed by atoms with Gasteiger partial charge in [0.05, 0.1) is 0 Å². The Labute approximate surface area is 123 Å². The first kappa shape index (κ1) is 18.6. The van der Waals surface area contributed by atoms with Crippen LogP contribution in [-0.2, 0) is 14.4 Å². The Morgan fingerprint density at radius 2 is 1.05 bits per heavy atom. The van der Waals surface area contributed by atoms with E-state index >= 15 is 0 Å². The molecule has 0 aromatic rings. The lowest BCUT2D eigenvalue weighted by molar-refractivity contribution is -0.178. The zero-order chi connectivity index (χ0) is 16.7. The van der Waals surface area contributed by atoms with Crippen molar-refractivity contribution in [2.24, 2.45) is 10.8 Å². The van der Waals surface area contributed by atoms with E-state index < -0.39 is 35.2 Å². The molecule has 0 saturated heterocycles. The van der Waals surface area contributed by atoms with E-state index in [1.165, 1.54) is 18.2 Å². The molecule has 0 unspecified atom stereocenters. The van der Waals surface area contributed by atoms with Crippen molar-refractivity contribution in [2.75, 3.05) is 0 Å². The minimum Gasteiger partial charge on any atom is -0.480 e. The third-order valence-electron chi connectivity index (χ3n) is 3.47. The molecular weight excluding hydrogens is 276 g/mol. The van der Waals surface area contributed by atoms with Gasteiger partial charge in [0.15, 0.2) is 0 Å². The van der Waals surface area contributed by atoms with Gasteiger partial charge in [-0.1, -0.05) is 18.2 Å². The van der Waals surface area contributed by atoms with E-state index in [0.29, 0.717) is 0 Å². The molecule has 0 amide bonds. The van der Waals surface area contributed by atoms with Crippen molar-refractivity contribution in [3.05, 3.63) is 38.0 Å². The SMILES string of the molecule is C=CCC(CC=C)(CC=C)CC(C(=O)O)(C(=O)O)C(=O)O. The maximum absolute atomic E-state index is 11.4. The lowest BCUT2D eigenvalue weighted by atomic mass is 9.66. The quantitative estimate of drug-likeness (QED) is 0.398. The lowest BCUT2D eigenvalue weighted by Gasteiger charge is -2.36. The van der Waals surface area contributed by atoms with Crippen LogP contribution in [0.1, 0.15) is 25.7 Å². The molecule has 0 rings (SSSR count). The fourth-order valence-electron chi connectivity index (χ4n) is 2.45. The number of carbonyl (C=O) groups is 3. The number of hydrogen-bond acceptors (Lipinski definition) is 3. The van der Waals surface area contributed by atoms with Gasteiger partial charge in [-0.05, 0) is 31.1 Å². The Kier molecular flexibility index (Phi) is 6.58. The van der Waals surface area contributed by atoms with E-state index in [1.807, 2.05) is 0 Å². The van der Waals surface area contributed by atoms with E-state index in [-0.39, 0.29) is 19.3 Å². The lowest BCUT2D eigenvalue weighted by Crippen LogP contribution is -2.50. The smallest absolute Gasteiger partial charge is 0.332 e. The third kappa shape index (κ3) is 3.81. The fraction of sp³-hybridized carbons (Fsp3) is 0.400. The van der Waals surface area contributed by atoms with Crippen molar-refractivity contribution in [1.29, 1.82) is 0 Å². The second-order valence-corrected chi connectivity index (χ2v) is 4.98. The van der Waals surface area contributed by atoms with Crippen LogP contribution in [0.2, 0.25) is 0 Å². The van der Waals surface area contributed by atoms with Crippen molar-refractivity contribution in [3.8, 4) is 0 Å². The van der Waals surface area contributed by atoms with E-state index in [4.69, 9.17) is 0 Å². The number of rotatable bonds is 11. The number of carboxylic acid groups (broad SMARTS) is 3. The topological polar surface area (TPSA) is 112 Å². The van der Waals surface area contributed by atoms with Gasteiger partial charge in [-0.2, -0.15) is 0 Å². The Bertz CT molecular complexity index is 400. The molecular formula is C15H20O6. The summed E-state index contributed by atoms with van der Waals surface area (Å²) < 4.78 is 0. The Hall–Kier alpha value is -2.37. The van der Waals surface area contributed by atoms with Gasteiger partial charge in [0.25, 0.3) is 5.41 Å². The van der Waals surface area contributed by atoms with Crippen molar-refractivity contribution < 1.29 is 29.7 Å². The molecule has 0 saturated carbocycles. The van der Waals surface area contributed by atoms with Crippen LogP contribution in [-0.4, -0.2) is 33.2 Å². The number of allylic oxidation sites excluding steroid dienone is 3. The van der Waals surface area contributed by atoms with Gasteiger partial charge < -0.3 is 15.3 Å². The van der Waals surface area contributed by atoms with Crippen molar-refractivity contribution in [2.45, 2.75) is 25.7 Å². The highest BCUT2D eigenvalue weighted by molar-refractivity contribution is 6.16. The van der Waals surface area contributed by atoms with Crippen molar-refractivity contribution >= 4 is 17.9 Å². The van der Waals surface area contributed by atoms with Gasteiger partial charge in [-0.15, -0.1) is 19.7 Å². The zero-order valence-corrected chi connectivity index (χ0v) is 11.7. The number of carboxylic acids is 3. The van der Waals surface area contributed by atoms with Crippen LogP contribution in [0.3, 0.4) is 0 Å². The first-order chi connectivity index (χ1) is 9.72. The maximum atomic E-state index is 11.4. The molecule has 3 N–H and O–H groups in total. The third-order valence-corrected chi connectivity index (χ3v) is 3.47. The molecule has 21 heavy (non-hydrogen) atoms. The molecule has 0 spiro atoms. The van der Waals surface area contributed by atoms with Gasteiger partial charge in [-0.3, -0.25) is 14.4 Å². The normalized spacial score (nSPS) is 11.4. The Balaban J connectivity index is 6.01. The van der Waals surface area contributed by atoms with Crippen molar-refractivity contribution in [3.63, 3.8) is 0 Å². The van der Waals surface area contributed by atoms with Crippen LogP contribution in [0.4, 0.5) is 0 Å². The minimum atomic E-state index is -2.91. The van der Waals surface area contributed by atoms with Crippen molar-refractivity contribution in [1.82, 2.24) is 0 Å². The van der Waals surface area contributed by atoms with Crippen LogP contribution in [0, 0.1) is 10.8 Å². The highest BCUT2D eigenvalue weighted by Gasteiger charge is 2.57. The van der Waals surface area contributed by atoms with Gasteiger partial charge in [0.1, 0.15) is 0 Å². The first-order valence-electron chi connectivity index (χ1n) is 6.25.